The predicted molar refractivity (Wildman–Crippen MR) is 89.6 cm³/mol. The Bertz CT molecular complexity index is 674. The first-order chi connectivity index (χ1) is 11.6. The molecule has 1 aliphatic heterocycles. The number of benzene rings is 1. The zero-order valence-electron chi connectivity index (χ0n) is 13.3. The van der Waals surface area contributed by atoms with E-state index in [1.807, 2.05) is 0 Å². The molecule has 6 heteroatoms. The van der Waals surface area contributed by atoms with E-state index in [0.717, 1.165) is 19.3 Å². The van der Waals surface area contributed by atoms with Gasteiger partial charge in [-0.05, 0) is 25.7 Å². The number of carbonyl (C=O) groups is 2. The van der Waals surface area contributed by atoms with Gasteiger partial charge in [0.15, 0.2) is 11.5 Å². The van der Waals surface area contributed by atoms with Crippen LogP contribution in [-0.2, 0) is 9.59 Å². The molecule has 2 fully saturated rings. The largest absolute Gasteiger partial charge is 0.490 e. The van der Waals surface area contributed by atoms with Crippen molar-refractivity contribution in [3.8, 4) is 11.5 Å². The second-order valence-electron chi connectivity index (χ2n) is 6.86. The molecular weight excluding hydrogens is 330 g/mol. The fourth-order valence-electron chi connectivity index (χ4n) is 4.00. The van der Waals surface area contributed by atoms with Crippen LogP contribution < -0.4 is 14.8 Å². The molecule has 3 aliphatic rings. The lowest BCUT2D eigenvalue weighted by Crippen LogP contribution is -2.33. The molecule has 0 aromatic heterocycles. The minimum absolute atomic E-state index is 0.0595. The Balaban J connectivity index is 1.50. The number of anilines is 1. The fourth-order valence-corrected chi connectivity index (χ4v) is 4.20. The van der Waals surface area contributed by atoms with E-state index in [4.69, 9.17) is 21.1 Å². The number of amides is 1. The Morgan fingerprint density at radius 3 is 2.38 bits per heavy atom. The number of ketones is 1. The highest BCUT2D eigenvalue weighted by molar-refractivity contribution is 6.34. The molecule has 2 saturated carbocycles. The van der Waals surface area contributed by atoms with Crippen LogP contribution in [0, 0.1) is 17.8 Å². The molecule has 2 bridgehead atoms. The number of hydrogen-bond acceptors (Lipinski definition) is 4. The fraction of sp³-hybridized carbons (Fsp3) is 0.556. The van der Waals surface area contributed by atoms with Gasteiger partial charge in [0.25, 0.3) is 0 Å². The van der Waals surface area contributed by atoms with E-state index in [-0.39, 0.29) is 23.7 Å². The van der Waals surface area contributed by atoms with E-state index in [0.29, 0.717) is 54.0 Å². The molecule has 1 heterocycles. The lowest BCUT2D eigenvalue weighted by molar-refractivity contribution is -0.130. The van der Waals surface area contributed by atoms with Gasteiger partial charge >= 0.3 is 0 Å². The van der Waals surface area contributed by atoms with Crippen LogP contribution in [0.4, 0.5) is 5.69 Å². The van der Waals surface area contributed by atoms with Crippen LogP contribution in [0.3, 0.4) is 0 Å². The summed E-state index contributed by atoms with van der Waals surface area (Å²) in [6.45, 7) is 1.17. The van der Waals surface area contributed by atoms with Gasteiger partial charge in [-0.1, -0.05) is 11.6 Å². The van der Waals surface area contributed by atoms with Crippen molar-refractivity contribution in [1.29, 1.82) is 0 Å². The molecule has 0 radical (unpaired) electrons. The van der Waals surface area contributed by atoms with Gasteiger partial charge in [0, 0.05) is 36.3 Å². The number of carbonyl (C=O) groups excluding carboxylic acids is 2. The maximum Gasteiger partial charge on any atom is 0.227 e. The minimum Gasteiger partial charge on any atom is -0.490 e. The number of hydrogen-bond donors (Lipinski definition) is 1. The van der Waals surface area contributed by atoms with Gasteiger partial charge in [0.2, 0.25) is 5.91 Å². The molecule has 1 aromatic carbocycles. The van der Waals surface area contributed by atoms with Crippen molar-refractivity contribution in [2.75, 3.05) is 18.5 Å². The zero-order valence-corrected chi connectivity index (χ0v) is 14.1. The zero-order chi connectivity index (χ0) is 16.7. The van der Waals surface area contributed by atoms with Crippen molar-refractivity contribution >= 4 is 29.0 Å². The summed E-state index contributed by atoms with van der Waals surface area (Å²) in [4.78, 5) is 24.6. The van der Waals surface area contributed by atoms with Crippen LogP contribution >= 0.6 is 11.6 Å². The molecule has 1 N–H and O–H groups in total. The Labute approximate surface area is 145 Å². The van der Waals surface area contributed by atoms with Crippen LogP contribution in [0.2, 0.25) is 5.02 Å². The minimum atomic E-state index is -0.118. The van der Waals surface area contributed by atoms with Gasteiger partial charge in [-0.2, -0.15) is 0 Å². The summed E-state index contributed by atoms with van der Waals surface area (Å²) in [7, 11) is 0. The Kier molecular flexibility index (Phi) is 4.12. The quantitative estimate of drug-likeness (QED) is 0.888. The standard InChI is InChI=1S/C18H20ClNO4/c19-13-8-15-16(24-5-1-4-23-15)9-14(13)20-18(22)12-6-10-2-3-11(7-12)17(10)21/h8-12H,1-7H2,(H,20,22). The molecule has 24 heavy (non-hydrogen) atoms. The molecule has 2 atom stereocenters. The van der Waals surface area contributed by atoms with E-state index in [1.165, 1.54) is 0 Å². The Morgan fingerprint density at radius 2 is 1.71 bits per heavy atom. The third-order valence-corrected chi connectivity index (χ3v) is 5.58. The average Bonchev–Trinajstić information content (AvgIpc) is 2.78. The number of rotatable bonds is 2. The number of halogens is 1. The summed E-state index contributed by atoms with van der Waals surface area (Å²) in [6.07, 6.45) is 3.98. The van der Waals surface area contributed by atoms with Crippen LogP contribution in [0.1, 0.15) is 32.1 Å². The molecule has 4 rings (SSSR count). The maximum atomic E-state index is 12.6. The smallest absolute Gasteiger partial charge is 0.227 e. The molecule has 1 aromatic rings. The van der Waals surface area contributed by atoms with Gasteiger partial charge in [-0.3, -0.25) is 9.59 Å². The van der Waals surface area contributed by atoms with E-state index < -0.39 is 0 Å². The molecule has 2 aliphatic carbocycles. The first kappa shape index (κ1) is 15.8. The molecule has 5 nitrogen and oxygen atoms in total. The third kappa shape index (κ3) is 2.86. The Hall–Kier alpha value is -1.75. The van der Waals surface area contributed by atoms with Crippen molar-refractivity contribution < 1.29 is 19.1 Å². The molecule has 0 saturated heterocycles. The highest BCUT2D eigenvalue weighted by Crippen LogP contribution is 2.43. The first-order valence-electron chi connectivity index (χ1n) is 8.55. The third-order valence-electron chi connectivity index (χ3n) is 5.27. The number of nitrogens with one attached hydrogen (secondary N) is 1. The normalized spacial score (nSPS) is 28.4. The van der Waals surface area contributed by atoms with E-state index in [1.54, 1.807) is 12.1 Å². The topological polar surface area (TPSA) is 64.6 Å². The lowest BCUT2D eigenvalue weighted by atomic mass is 9.79. The van der Waals surface area contributed by atoms with Gasteiger partial charge in [-0.25, -0.2) is 0 Å². The van der Waals surface area contributed by atoms with Crippen LogP contribution in [0.5, 0.6) is 11.5 Å². The lowest BCUT2D eigenvalue weighted by Gasteiger charge is -2.26. The van der Waals surface area contributed by atoms with Gasteiger partial charge in [-0.15, -0.1) is 0 Å². The summed E-state index contributed by atoms with van der Waals surface area (Å²) >= 11 is 6.29. The second kappa shape index (κ2) is 6.28. The van der Waals surface area contributed by atoms with Crippen molar-refractivity contribution in [2.45, 2.75) is 32.1 Å². The molecular formula is C18H20ClNO4. The molecule has 128 valence electrons. The summed E-state index contributed by atoms with van der Waals surface area (Å²) in [5, 5.41) is 3.35. The average molecular weight is 350 g/mol. The van der Waals surface area contributed by atoms with Crippen molar-refractivity contribution in [1.82, 2.24) is 0 Å². The van der Waals surface area contributed by atoms with Crippen molar-refractivity contribution in [3.63, 3.8) is 0 Å². The SMILES string of the molecule is O=C(Nc1cc2c(cc1Cl)OCCCO2)C1CC2CCC(C1)C2=O. The molecule has 0 spiro atoms. The van der Waals surface area contributed by atoms with Crippen LogP contribution in [0.25, 0.3) is 0 Å². The summed E-state index contributed by atoms with van der Waals surface area (Å²) in [5.41, 5.74) is 0.537. The van der Waals surface area contributed by atoms with Gasteiger partial charge in [0.1, 0.15) is 5.78 Å². The summed E-state index contributed by atoms with van der Waals surface area (Å²) in [5.74, 6) is 1.52. The van der Waals surface area contributed by atoms with E-state index in [9.17, 15) is 9.59 Å². The predicted octanol–water partition coefficient (Wildman–Crippen LogP) is 3.45. The number of Topliss-reactive ketones (excluding diaryl/α,β-unsaturated/α-hetero) is 1. The second-order valence-corrected chi connectivity index (χ2v) is 7.27. The number of fused-ring (bicyclic) bond motifs is 3. The van der Waals surface area contributed by atoms with Crippen LogP contribution in [-0.4, -0.2) is 24.9 Å². The van der Waals surface area contributed by atoms with E-state index >= 15 is 0 Å². The Morgan fingerprint density at radius 1 is 1.08 bits per heavy atom. The highest BCUT2D eigenvalue weighted by Gasteiger charge is 2.43. The molecule has 2 unspecified atom stereocenters. The van der Waals surface area contributed by atoms with Gasteiger partial charge < -0.3 is 14.8 Å². The number of ether oxygens (including phenoxy) is 2. The molecule has 1 amide bonds. The highest BCUT2D eigenvalue weighted by atomic mass is 35.5. The van der Waals surface area contributed by atoms with Gasteiger partial charge in [0.05, 0.1) is 23.9 Å². The van der Waals surface area contributed by atoms with Crippen molar-refractivity contribution in [2.24, 2.45) is 17.8 Å². The maximum absolute atomic E-state index is 12.6. The first-order valence-corrected chi connectivity index (χ1v) is 8.93. The van der Waals surface area contributed by atoms with Crippen LogP contribution in [0.15, 0.2) is 12.1 Å². The summed E-state index contributed by atoms with van der Waals surface area (Å²) < 4.78 is 11.2. The monoisotopic (exact) mass is 349 g/mol. The van der Waals surface area contributed by atoms with E-state index in [2.05, 4.69) is 5.32 Å². The summed E-state index contributed by atoms with van der Waals surface area (Å²) in [6, 6.07) is 3.41. The van der Waals surface area contributed by atoms with Crippen molar-refractivity contribution in [3.05, 3.63) is 17.2 Å².